The van der Waals surface area contributed by atoms with Gasteiger partial charge in [-0.05, 0) is 18.8 Å². The van der Waals surface area contributed by atoms with Gasteiger partial charge in [-0.3, -0.25) is 4.79 Å². The van der Waals surface area contributed by atoms with E-state index in [-0.39, 0.29) is 24.9 Å². The minimum absolute atomic E-state index is 0.0827. The number of amides is 1. The molecule has 8 heteroatoms. The molecule has 7 nitrogen and oxygen atoms in total. The average molecular weight is 300 g/mol. The molecule has 0 spiro atoms. The van der Waals surface area contributed by atoms with E-state index in [2.05, 4.69) is 15.0 Å². The molecule has 0 saturated heterocycles. The Morgan fingerprint density at radius 3 is 2.75 bits per heavy atom. The number of hydrogen-bond acceptors (Lipinski definition) is 4. The van der Waals surface area contributed by atoms with E-state index < -0.39 is 10.0 Å². The number of imidazole rings is 1. The second-order valence-corrected chi connectivity index (χ2v) is 7.03. The summed E-state index contributed by atoms with van der Waals surface area (Å²) in [5.41, 5.74) is 0. The van der Waals surface area contributed by atoms with E-state index in [0.717, 1.165) is 24.9 Å². The summed E-state index contributed by atoms with van der Waals surface area (Å²) in [6.45, 7) is 0.114. The summed E-state index contributed by atoms with van der Waals surface area (Å²) in [5.74, 6) is 1.11. The van der Waals surface area contributed by atoms with Crippen LogP contribution in [-0.4, -0.2) is 36.7 Å². The molecule has 1 aromatic rings. The normalized spacial score (nSPS) is 16.9. The van der Waals surface area contributed by atoms with Crippen molar-refractivity contribution in [2.45, 2.75) is 25.3 Å². The van der Waals surface area contributed by atoms with Gasteiger partial charge in [0.25, 0.3) is 0 Å². The van der Waals surface area contributed by atoms with Crippen molar-refractivity contribution in [1.82, 2.24) is 19.6 Å². The number of sulfonamides is 1. The topological polar surface area (TPSA) is 93.1 Å². The van der Waals surface area contributed by atoms with Crippen LogP contribution in [0.1, 0.15) is 31.1 Å². The third kappa shape index (κ3) is 4.31. The zero-order valence-corrected chi connectivity index (χ0v) is 12.5. The largest absolute Gasteiger partial charge is 0.346 e. The molecule has 0 unspecified atom stereocenters. The van der Waals surface area contributed by atoms with Crippen molar-refractivity contribution in [3.8, 4) is 0 Å². The Morgan fingerprint density at radius 2 is 2.25 bits per heavy atom. The number of hydrogen-bond donors (Lipinski definition) is 2. The van der Waals surface area contributed by atoms with Crippen LogP contribution in [0.5, 0.6) is 0 Å². The fraction of sp³-hybridized carbons (Fsp3) is 0.667. The number of carbonyl (C=O) groups is 1. The second kappa shape index (κ2) is 5.92. The van der Waals surface area contributed by atoms with Crippen LogP contribution in [0.15, 0.2) is 12.4 Å². The molecule has 2 N–H and O–H groups in total. The van der Waals surface area contributed by atoms with Crippen LogP contribution in [0.3, 0.4) is 0 Å². The van der Waals surface area contributed by atoms with Gasteiger partial charge < -0.3 is 9.88 Å². The molecule has 20 heavy (non-hydrogen) atoms. The highest BCUT2D eigenvalue weighted by atomic mass is 32.2. The molecule has 0 aromatic carbocycles. The molecule has 1 aliphatic carbocycles. The molecule has 1 fully saturated rings. The molecular formula is C12H20N4O3S. The van der Waals surface area contributed by atoms with Crippen molar-refractivity contribution in [2.24, 2.45) is 13.0 Å². The Kier molecular flexibility index (Phi) is 4.44. The number of aryl methyl sites for hydroxylation is 1. The number of carbonyl (C=O) groups excluding carboxylic acids is 1. The fourth-order valence-corrected chi connectivity index (χ4v) is 2.57. The summed E-state index contributed by atoms with van der Waals surface area (Å²) in [5, 5.41) is 2.95. The maximum atomic E-state index is 11.9. The van der Waals surface area contributed by atoms with Crippen LogP contribution in [0, 0.1) is 5.92 Å². The van der Waals surface area contributed by atoms with Gasteiger partial charge in [-0.1, -0.05) is 0 Å². The lowest BCUT2D eigenvalue weighted by Crippen LogP contribution is -2.34. The minimum atomic E-state index is -3.25. The predicted octanol–water partition coefficient (Wildman–Crippen LogP) is -0.0733. The maximum absolute atomic E-state index is 11.9. The summed E-state index contributed by atoms with van der Waals surface area (Å²) in [6, 6.07) is -0.0827. The number of nitrogens with zero attached hydrogens (tertiary/aromatic N) is 2. The monoisotopic (exact) mass is 300 g/mol. The third-order valence-corrected chi connectivity index (χ3v) is 3.99. The Labute approximate surface area is 118 Å². The number of nitrogens with one attached hydrogen (secondary N) is 2. The summed E-state index contributed by atoms with van der Waals surface area (Å²) in [7, 11) is -1.35. The van der Waals surface area contributed by atoms with Crippen molar-refractivity contribution < 1.29 is 13.2 Å². The van der Waals surface area contributed by atoms with Gasteiger partial charge in [-0.15, -0.1) is 0 Å². The van der Waals surface area contributed by atoms with Crippen LogP contribution >= 0.6 is 0 Å². The first kappa shape index (κ1) is 15.0. The van der Waals surface area contributed by atoms with Gasteiger partial charge in [-0.25, -0.2) is 18.1 Å². The van der Waals surface area contributed by atoms with E-state index in [9.17, 15) is 13.2 Å². The zero-order valence-electron chi connectivity index (χ0n) is 11.7. The Balaban J connectivity index is 1.89. The summed E-state index contributed by atoms with van der Waals surface area (Å²) >= 11 is 0. The van der Waals surface area contributed by atoms with Crippen molar-refractivity contribution in [1.29, 1.82) is 0 Å². The second-order valence-electron chi connectivity index (χ2n) is 5.20. The molecule has 1 atom stereocenters. The first-order valence-electron chi connectivity index (χ1n) is 6.58. The summed E-state index contributed by atoms with van der Waals surface area (Å²) in [6.07, 6.45) is 6.93. The van der Waals surface area contributed by atoms with Crippen molar-refractivity contribution in [2.75, 3.05) is 12.8 Å². The van der Waals surface area contributed by atoms with Crippen LogP contribution in [-0.2, 0) is 21.9 Å². The first-order valence-corrected chi connectivity index (χ1v) is 8.47. The van der Waals surface area contributed by atoms with E-state index in [0.29, 0.717) is 5.92 Å². The van der Waals surface area contributed by atoms with E-state index in [1.807, 2.05) is 17.8 Å². The minimum Gasteiger partial charge on any atom is -0.346 e. The van der Waals surface area contributed by atoms with Crippen LogP contribution in [0.4, 0.5) is 0 Å². The molecule has 0 radical (unpaired) electrons. The molecule has 1 aromatic heterocycles. The van der Waals surface area contributed by atoms with Gasteiger partial charge in [0.05, 0.1) is 12.3 Å². The van der Waals surface area contributed by atoms with Crippen LogP contribution < -0.4 is 10.0 Å². The molecule has 1 amide bonds. The summed E-state index contributed by atoms with van der Waals surface area (Å²) < 4.78 is 26.1. The van der Waals surface area contributed by atoms with Crippen molar-refractivity contribution in [3.63, 3.8) is 0 Å². The molecule has 2 rings (SSSR count). The fourth-order valence-electron chi connectivity index (χ4n) is 2.10. The van der Waals surface area contributed by atoms with E-state index >= 15 is 0 Å². The van der Waals surface area contributed by atoms with E-state index in [1.54, 1.807) is 6.20 Å². The molecule has 112 valence electrons. The molecule has 1 aliphatic rings. The maximum Gasteiger partial charge on any atom is 0.221 e. The van der Waals surface area contributed by atoms with Crippen molar-refractivity contribution >= 4 is 15.9 Å². The molecule has 1 heterocycles. The zero-order chi connectivity index (χ0) is 14.8. The van der Waals surface area contributed by atoms with Crippen LogP contribution in [0.2, 0.25) is 0 Å². The lowest BCUT2D eigenvalue weighted by molar-refractivity contribution is -0.121. The SMILES string of the molecule is Cn1ccnc1[C@H](NC(=O)CCNS(C)(=O)=O)C1CC1. The standard InChI is InChI=1S/C12H20N4O3S/c1-16-8-7-13-12(16)11(9-3-4-9)15-10(17)5-6-14-20(2,18)19/h7-9,11,14H,3-6H2,1-2H3,(H,15,17)/t11-/m1/s1. The molecule has 0 aliphatic heterocycles. The number of rotatable bonds is 7. The molecular weight excluding hydrogens is 280 g/mol. The van der Waals surface area contributed by atoms with Crippen molar-refractivity contribution in [3.05, 3.63) is 18.2 Å². The quantitative estimate of drug-likeness (QED) is 0.737. The average Bonchev–Trinajstić information content (AvgIpc) is 3.08. The lowest BCUT2D eigenvalue weighted by atomic mass is 10.1. The third-order valence-electron chi connectivity index (χ3n) is 3.26. The highest BCUT2D eigenvalue weighted by Crippen LogP contribution is 2.40. The van der Waals surface area contributed by atoms with Gasteiger partial charge >= 0.3 is 0 Å². The van der Waals surface area contributed by atoms with Gasteiger partial charge in [0.2, 0.25) is 15.9 Å². The Hall–Kier alpha value is -1.41. The van der Waals surface area contributed by atoms with Gasteiger partial charge in [0.1, 0.15) is 5.82 Å². The predicted molar refractivity (Wildman–Crippen MR) is 74.3 cm³/mol. The highest BCUT2D eigenvalue weighted by molar-refractivity contribution is 7.88. The Morgan fingerprint density at radius 1 is 1.55 bits per heavy atom. The summed E-state index contributed by atoms with van der Waals surface area (Å²) in [4.78, 5) is 16.2. The molecule has 0 bridgehead atoms. The van der Waals surface area contributed by atoms with Gasteiger partial charge in [0.15, 0.2) is 0 Å². The Bertz CT molecular complexity index is 577. The number of aromatic nitrogens is 2. The first-order chi connectivity index (χ1) is 9.37. The van der Waals surface area contributed by atoms with Gasteiger partial charge in [-0.2, -0.15) is 0 Å². The van der Waals surface area contributed by atoms with E-state index in [4.69, 9.17) is 0 Å². The smallest absolute Gasteiger partial charge is 0.221 e. The van der Waals surface area contributed by atoms with E-state index in [1.165, 1.54) is 0 Å². The van der Waals surface area contributed by atoms with Gasteiger partial charge in [0, 0.05) is 32.4 Å². The molecule has 1 saturated carbocycles. The highest BCUT2D eigenvalue weighted by Gasteiger charge is 2.35. The van der Waals surface area contributed by atoms with Crippen LogP contribution in [0.25, 0.3) is 0 Å². The lowest BCUT2D eigenvalue weighted by Gasteiger charge is -2.18.